The maximum Gasteiger partial charge on any atom is 1.00 e. The zero-order valence-corrected chi connectivity index (χ0v) is 13.7. The molecule has 1 radical (unpaired) electrons. The molecule has 0 spiro atoms. The molecule has 0 bridgehead atoms. The van der Waals surface area contributed by atoms with Crippen molar-refractivity contribution in [1.82, 2.24) is 0 Å². The molecule has 0 saturated heterocycles. The van der Waals surface area contributed by atoms with Gasteiger partial charge in [0.2, 0.25) is 0 Å². The minimum atomic E-state index is -0.229. The van der Waals surface area contributed by atoms with Crippen LogP contribution in [0.15, 0.2) is 0 Å². The van der Waals surface area contributed by atoms with Gasteiger partial charge >= 0.3 is 58.2 Å². The molecule has 0 aromatic rings. The maximum atomic E-state index is 10.7. The van der Waals surface area contributed by atoms with E-state index in [0.717, 1.165) is 12.3 Å². The van der Waals surface area contributed by atoms with Crippen molar-refractivity contribution in [3.8, 4) is 0 Å². The molecular weight excluding hydrogens is 252 g/mol. The number of hydrogen-bond donors (Lipinski definition) is 0. The summed E-state index contributed by atoms with van der Waals surface area (Å²) in [6.07, 6.45) is 0.749. The predicted octanol–water partition coefficient (Wildman–Crippen LogP) is -1.63. The molecule has 0 aliphatic heterocycles. The first-order valence-electron chi connectivity index (χ1n) is 3.01. The Bertz CT molecular complexity index is 98.4. The van der Waals surface area contributed by atoms with Gasteiger partial charge in [0.25, 0.3) is 0 Å². The van der Waals surface area contributed by atoms with Crippen molar-refractivity contribution in [1.29, 1.82) is 0 Å². The molecule has 0 fully saturated rings. The van der Waals surface area contributed by atoms with Crippen LogP contribution in [-0.4, -0.2) is 12.6 Å². The molecule has 0 heterocycles. The minimum absolute atomic E-state index is 0. The van der Waals surface area contributed by atoms with Crippen molar-refractivity contribution in [2.45, 2.75) is 20.3 Å². The Morgan fingerprint density at radius 2 is 2.09 bits per heavy atom. The standard InChI is InChI=1S/C7H12O2.Rb.V/c1-4-6(3)7(8)9-5-2;;/h2,4-5H2,1,3H3;;/q-2;+1;. The van der Waals surface area contributed by atoms with E-state index in [1.807, 2.05) is 6.92 Å². The van der Waals surface area contributed by atoms with E-state index in [4.69, 9.17) is 0 Å². The molecule has 0 aliphatic carbocycles. The van der Waals surface area contributed by atoms with E-state index in [0.29, 0.717) is 0 Å². The Kier molecular flexibility index (Phi) is 19.7. The van der Waals surface area contributed by atoms with Gasteiger partial charge in [-0.3, -0.25) is 10.7 Å². The normalized spacial score (nSPS) is 7.18. The summed E-state index contributed by atoms with van der Waals surface area (Å²) in [5.41, 5.74) is 0. The summed E-state index contributed by atoms with van der Waals surface area (Å²) < 4.78 is 4.61. The molecule has 0 aliphatic rings. The van der Waals surface area contributed by atoms with Gasteiger partial charge in [0, 0.05) is 18.6 Å². The first kappa shape index (κ1) is 18.5. The van der Waals surface area contributed by atoms with Crippen LogP contribution in [0.5, 0.6) is 0 Å². The molecule has 0 amide bonds. The Morgan fingerprint density at radius 1 is 1.64 bits per heavy atom. The van der Waals surface area contributed by atoms with Crippen molar-refractivity contribution in [3.05, 3.63) is 12.8 Å². The molecule has 2 nitrogen and oxygen atoms in total. The molecule has 0 aromatic heterocycles. The Hall–Kier alpha value is 1.73. The van der Waals surface area contributed by atoms with Gasteiger partial charge in [-0.05, 0) is 6.61 Å². The van der Waals surface area contributed by atoms with Gasteiger partial charge in [-0.2, -0.15) is 13.3 Å². The summed E-state index contributed by atoms with van der Waals surface area (Å²) in [6, 6.07) is 0. The number of carbonyl (C=O) groups excluding carboxylic acids is 1. The molecular formula is C7H12O2RbV-. The molecule has 0 unspecified atom stereocenters. The van der Waals surface area contributed by atoms with Gasteiger partial charge in [-0.15, -0.1) is 0 Å². The third-order valence-corrected chi connectivity index (χ3v) is 1.11. The SMILES string of the molecule is [CH2-]COC(=O)[C-](C)CC.[Rb+].[V]. The molecule has 0 N–H and O–H groups in total. The van der Waals surface area contributed by atoms with Gasteiger partial charge in [0.15, 0.2) is 5.97 Å². The fourth-order valence-electron chi connectivity index (χ4n) is 0.360. The van der Waals surface area contributed by atoms with Crippen LogP contribution in [0.2, 0.25) is 0 Å². The number of esters is 1. The van der Waals surface area contributed by atoms with Crippen LogP contribution < -0.4 is 58.2 Å². The first-order chi connectivity index (χ1) is 4.22. The average molecular weight is 265 g/mol. The average Bonchev–Trinajstić information content (AvgIpc) is 1.87. The smallest absolute Gasteiger partial charge is 0.521 e. The molecule has 0 aromatic carbocycles. The molecule has 11 heavy (non-hydrogen) atoms. The van der Waals surface area contributed by atoms with Crippen LogP contribution in [0.4, 0.5) is 0 Å². The predicted molar refractivity (Wildman–Crippen MR) is 35.5 cm³/mol. The van der Waals surface area contributed by atoms with E-state index >= 15 is 0 Å². The van der Waals surface area contributed by atoms with E-state index in [9.17, 15) is 4.79 Å². The van der Waals surface area contributed by atoms with Crippen molar-refractivity contribution < 1.29 is 86.3 Å². The second-order valence-electron chi connectivity index (χ2n) is 1.77. The largest absolute Gasteiger partial charge is 1.00 e. The number of hydrogen-bond acceptors (Lipinski definition) is 2. The molecule has 4 heteroatoms. The van der Waals surface area contributed by atoms with Crippen LogP contribution in [0.25, 0.3) is 0 Å². The van der Waals surface area contributed by atoms with Gasteiger partial charge < -0.3 is 11.7 Å². The molecule has 0 atom stereocenters. The third kappa shape index (κ3) is 9.65. The molecule has 0 saturated carbocycles. The third-order valence-electron chi connectivity index (χ3n) is 1.11. The Balaban J connectivity index is -0.000000320. The summed E-state index contributed by atoms with van der Waals surface area (Å²) in [6.45, 7) is 7.28. The van der Waals surface area contributed by atoms with Crippen LogP contribution in [0.3, 0.4) is 0 Å². The fraction of sp³-hybridized carbons (Fsp3) is 0.571. The van der Waals surface area contributed by atoms with Crippen LogP contribution in [-0.2, 0) is 28.1 Å². The van der Waals surface area contributed by atoms with Gasteiger partial charge in [0.05, 0.1) is 0 Å². The van der Waals surface area contributed by atoms with Crippen molar-refractivity contribution in [2.75, 3.05) is 6.61 Å². The maximum absolute atomic E-state index is 10.7. The first-order valence-corrected chi connectivity index (χ1v) is 3.01. The second kappa shape index (κ2) is 11.7. The number of ether oxygens (including phenoxy) is 1. The summed E-state index contributed by atoms with van der Waals surface area (Å²) in [5.74, 6) is 0.520. The Morgan fingerprint density at radius 3 is 2.36 bits per heavy atom. The van der Waals surface area contributed by atoms with Crippen LogP contribution >= 0.6 is 0 Å². The summed E-state index contributed by atoms with van der Waals surface area (Å²) in [5, 5.41) is 0. The summed E-state index contributed by atoms with van der Waals surface area (Å²) in [7, 11) is 0. The summed E-state index contributed by atoms with van der Waals surface area (Å²) in [4.78, 5) is 10.7. The zero-order valence-electron chi connectivity index (χ0n) is 7.39. The minimum Gasteiger partial charge on any atom is -0.521 e. The van der Waals surface area contributed by atoms with Gasteiger partial charge in [0.1, 0.15) is 0 Å². The Labute approximate surface area is 130 Å². The monoisotopic (exact) mass is 264 g/mol. The van der Waals surface area contributed by atoms with E-state index in [1.54, 1.807) is 6.92 Å². The van der Waals surface area contributed by atoms with Crippen LogP contribution in [0, 0.1) is 12.8 Å². The van der Waals surface area contributed by atoms with E-state index < -0.39 is 0 Å². The topological polar surface area (TPSA) is 26.3 Å². The molecule has 59 valence electrons. The van der Waals surface area contributed by atoms with E-state index in [-0.39, 0.29) is 89.3 Å². The van der Waals surface area contributed by atoms with Crippen molar-refractivity contribution >= 4 is 5.97 Å². The fourth-order valence-corrected chi connectivity index (χ4v) is 0.360. The molecule has 0 rings (SSSR count). The summed E-state index contributed by atoms with van der Waals surface area (Å²) >= 11 is 0. The van der Waals surface area contributed by atoms with E-state index in [2.05, 4.69) is 11.7 Å². The van der Waals surface area contributed by atoms with Crippen LogP contribution in [0.1, 0.15) is 20.3 Å². The quantitative estimate of drug-likeness (QED) is 0.452. The van der Waals surface area contributed by atoms with Crippen molar-refractivity contribution in [3.63, 3.8) is 0 Å². The van der Waals surface area contributed by atoms with E-state index in [1.165, 1.54) is 0 Å². The second-order valence-corrected chi connectivity index (χ2v) is 1.77. The van der Waals surface area contributed by atoms with Gasteiger partial charge in [-0.25, -0.2) is 0 Å². The van der Waals surface area contributed by atoms with Gasteiger partial charge in [-0.1, -0.05) is 6.92 Å². The number of carbonyl (C=O) groups is 1. The zero-order chi connectivity index (χ0) is 7.28. The van der Waals surface area contributed by atoms with Crippen molar-refractivity contribution in [2.24, 2.45) is 0 Å². The number of rotatable bonds is 3.